The summed E-state index contributed by atoms with van der Waals surface area (Å²) in [6.45, 7) is 4.50. The number of rotatable bonds is 6. The summed E-state index contributed by atoms with van der Waals surface area (Å²) in [4.78, 5) is 12.6. The lowest BCUT2D eigenvalue weighted by atomic mass is 10.1. The van der Waals surface area contributed by atoms with Gasteiger partial charge in [0.05, 0.1) is 7.11 Å². The summed E-state index contributed by atoms with van der Waals surface area (Å²) in [6.07, 6.45) is -2.30. The summed E-state index contributed by atoms with van der Waals surface area (Å²) in [5.41, 5.74) is 0.841. The highest BCUT2D eigenvalue weighted by atomic mass is 32.1. The molecule has 1 aliphatic rings. The molecule has 3 heterocycles. The van der Waals surface area contributed by atoms with Gasteiger partial charge in [-0.05, 0) is 36.2 Å². The average molecular weight is 450 g/mol. The molecule has 0 atom stereocenters. The predicted octanol–water partition coefficient (Wildman–Crippen LogP) is 3.99. The second-order valence-electron chi connectivity index (χ2n) is 7.26. The van der Waals surface area contributed by atoms with E-state index in [-0.39, 0.29) is 0 Å². The smallest absolute Gasteiger partial charge is 0.433 e. The fourth-order valence-corrected chi connectivity index (χ4v) is 4.14. The van der Waals surface area contributed by atoms with Crippen molar-refractivity contribution >= 4 is 16.7 Å². The Morgan fingerprint density at radius 1 is 1.03 bits per heavy atom. The Hall–Kier alpha value is -2.72. The normalized spacial score (nSPS) is 15.3. The van der Waals surface area contributed by atoms with E-state index in [9.17, 15) is 13.2 Å². The molecule has 0 radical (unpaired) electrons. The molecule has 6 nitrogen and oxygen atoms in total. The molecule has 1 aromatic carbocycles. The minimum absolute atomic E-state index is 0.406. The van der Waals surface area contributed by atoms with Crippen LogP contribution in [0, 0.1) is 0 Å². The van der Waals surface area contributed by atoms with Crippen LogP contribution in [0.2, 0.25) is 0 Å². The zero-order chi connectivity index (χ0) is 21.8. The van der Waals surface area contributed by atoms with Crippen molar-refractivity contribution in [3.05, 3.63) is 53.9 Å². The molecule has 0 saturated carbocycles. The van der Waals surface area contributed by atoms with Crippen LogP contribution in [0.4, 0.5) is 18.3 Å². The van der Waals surface area contributed by atoms with Crippen molar-refractivity contribution in [1.29, 1.82) is 0 Å². The van der Waals surface area contributed by atoms with Crippen LogP contribution in [0.3, 0.4) is 0 Å². The molecule has 0 spiro atoms. The highest BCUT2D eigenvalue weighted by molar-refractivity contribution is 7.09. The molecule has 1 saturated heterocycles. The number of methoxy groups -OCH3 is 1. The molecule has 0 amide bonds. The lowest BCUT2D eigenvalue weighted by Crippen LogP contribution is -2.47. The van der Waals surface area contributed by atoms with E-state index in [1.54, 1.807) is 7.11 Å². The average Bonchev–Trinajstić information content (AvgIpc) is 3.28. The third kappa shape index (κ3) is 5.31. The molecule has 1 aliphatic heterocycles. The number of anilines is 1. The number of nitrogens with zero attached hydrogens (tertiary/aromatic N) is 5. The van der Waals surface area contributed by atoms with Crippen LogP contribution in [0.25, 0.3) is 11.4 Å². The van der Waals surface area contributed by atoms with Crippen molar-refractivity contribution < 1.29 is 17.9 Å². The minimum Gasteiger partial charge on any atom is -0.497 e. The van der Waals surface area contributed by atoms with Crippen molar-refractivity contribution in [1.82, 2.24) is 19.2 Å². The number of benzene rings is 1. The topological polar surface area (TPSA) is 54.4 Å². The van der Waals surface area contributed by atoms with Crippen LogP contribution in [-0.2, 0) is 12.6 Å². The van der Waals surface area contributed by atoms with Crippen molar-refractivity contribution in [2.45, 2.75) is 12.6 Å². The fraction of sp³-hybridized carbons (Fsp3) is 0.381. The van der Waals surface area contributed by atoms with E-state index in [1.165, 1.54) is 29.4 Å². The Labute approximate surface area is 182 Å². The highest BCUT2D eigenvalue weighted by Crippen LogP contribution is 2.29. The molecule has 3 aromatic rings. The van der Waals surface area contributed by atoms with Crippen LogP contribution in [-0.4, -0.2) is 59.1 Å². The SMILES string of the molecule is COc1ccc(CCN2CCN(c3nc(-c4ccc(C(F)(F)F)nc4)ns3)CC2)cc1. The van der Waals surface area contributed by atoms with Gasteiger partial charge in [0.25, 0.3) is 0 Å². The van der Waals surface area contributed by atoms with Gasteiger partial charge in [0.2, 0.25) is 5.13 Å². The summed E-state index contributed by atoms with van der Waals surface area (Å²) in [5.74, 6) is 1.27. The van der Waals surface area contributed by atoms with Gasteiger partial charge in [-0.2, -0.15) is 22.5 Å². The van der Waals surface area contributed by atoms with E-state index in [4.69, 9.17) is 4.74 Å². The number of pyridine rings is 1. The van der Waals surface area contributed by atoms with Gasteiger partial charge in [-0.15, -0.1) is 0 Å². The number of halogens is 3. The summed E-state index contributed by atoms with van der Waals surface area (Å²) < 4.78 is 47.5. The molecule has 4 rings (SSSR count). The van der Waals surface area contributed by atoms with Gasteiger partial charge in [-0.3, -0.25) is 9.88 Å². The number of ether oxygens (including phenoxy) is 1. The first kappa shape index (κ1) is 21.5. The molecule has 1 fully saturated rings. The van der Waals surface area contributed by atoms with Crippen LogP contribution >= 0.6 is 11.5 Å². The fourth-order valence-electron chi connectivity index (χ4n) is 3.40. The number of hydrogen-bond acceptors (Lipinski definition) is 7. The van der Waals surface area contributed by atoms with Crippen molar-refractivity contribution in [3.63, 3.8) is 0 Å². The zero-order valence-corrected chi connectivity index (χ0v) is 17.8. The van der Waals surface area contributed by atoms with Gasteiger partial charge >= 0.3 is 6.18 Å². The standard InChI is InChI=1S/C21H22F3N5OS/c1-30-17-5-2-15(3-6-17)8-9-28-10-12-29(13-11-28)20-26-19(27-31-20)16-4-7-18(25-14-16)21(22,23)24/h2-7,14H,8-13H2,1H3. The maximum absolute atomic E-state index is 12.7. The Morgan fingerprint density at radius 2 is 1.77 bits per heavy atom. The first-order valence-electron chi connectivity index (χ1n) is 9.90. The molecule has 10 heteroatoms. The highest BCUT2D eigenvalue weighted by Gasteiger charge is 2.32. The van der Waals surface area contributed by atoms with Gasteiger partial charge in [0, 0.05) is 56.0 Å². The molecule has 31 heavy (non-hydrogen) atoms. The third-order valence-corrected chi connectivity index (χ3v) is 6.02. The molecular weight excluding hydrogens is 427 g/mol. The summed E-state index contributed by atoms with van der Waals surface area (Å²) >= 11 is 1.26. The molecular formula is C21H22F3N5OS. The van der Waals surface area contributed by atoms with Gasteiger partial charge in [-0.1, -0.05) is 12.1 Å². The minimum atomic E-state index is -4.45. The monoisotopic (exact) mass is 449 g/mol. The number of piperazine rings is 1. The Morgan fingerprint density at radius 3 is 2.39 bits per heavy atom. The van der Waals surface area contributed by atoms with Gasteiger partial charge in [-0.25, -0.2) is 0 Å². The molecule has 0 unspecified atom stereocenters. The van der Waals surface area contributed by atoms with Crippen LogP contribution in [0.1, 0.15) is 11.3 Å². The molecule has 0 N–H and O–H groups in total. The molecule has 0 aliphatic carbocycles. The van der Waals surface area contributed by atoms with Crippen molar-refractivity contribution in [2.24, 2.45) is 0 Å². The third-order valence-electron chi connectivity index (χ3n) is 5.25. The maximum atomic E-state index is 12.7. The van der Waals surface area contributed by atoms with E-state index in [2.05, 4.69) is 36.3 Å². The van der Waals surface area contributed by atoms with Crippen LogP contribution < -0.4 is 9.64 Å². The van der Waals surface area contributed by atoms with Crippen molar-refractivity contribution in [3.8, 4) is 17.1 Å². The molecule has 2 aromatic heterocycles. The van der Waals surface area contributed by atoms with E-state index in [1.807, 2.05) is 12.1 Å². The Balaban J connectivity index is 1.29. The van der Waals surface area contributed by atoms with E-state index in [0.717, 1.165) is 56.1 Å². The van der Waals surface area contributed by atoms with E-state index in [0.29, 0.717) is 11.4 Å². The lowest BCUT2D eigenvalue weighted by molar-refractivity contribution is -0.141. The largest absolute Gasteiger partial charge is 0.497 e. The number of alkyl halides is 3. The van der Waals surface area contributed by atoms with Crippen molar-refractivity contribution in [2.75, 3.05) is 44.7 Å². The Kier molecular flexibility index (Phi) is 6.38. The van der Waals surface area contributed by atoms with E-state index >= 15 is 0 Å². The van der Waals surface area contributed by atoms with Gasteiger partial charge in [0.15, 0.2) is 5.82 Å². The summed E-state index contributed by atoms with van der Waals surface area (Å²) in [7, 11) is 1.66. The molecule has 164 valence electrons. The zero-order valence-electron chi connectivity index (χ0n) is 17.0. The summed E-state index contributed by atoms with van der Waals surface area (Å²) in [5, 5.41) is 0.782. The van der Waals surface area contributed by atoms with Gasteiger partial charge in [0.1, 0.15) is 11.4 Å². The first-order chi connectivity index (χ1) is 14.9. The summed E-state index contributed by atoms with van der Waals surface area (Å²) in [6, 6.07) is 10.5. The van der Waals surface area contributed by atoms with Gasteiger partial charge < -0.3 is 9.64 Å². The second kappa shape index (κ2) is 9.19. The quantitative estimate of drug-likeness (QED) is 0.567. The lowest BCUT2D eigenvalue weighted by Gasteiger charge is -2.34. The molecule has 0 bridgehead atoms. The number of aromatic nitrogens is 3. The maximum Gasteiger partial charge on any atom is 0.433 e. The van der Waals surface area contributed by atoms with Crippen LogP contribution in [0.15, 0.2) is 42.6 Å². The van der Waals surface area contributed by atoms with Crippen LogP contribution in [0.5, 0.6) is 5.75 Å². The first-order valence-corrected chi connectivity index (χ1v) is 10.7. The Bertz CT molecular complexity index is 983. The second-order valence-corrected chi connectivity index (χ2v) is 7.99. The number of hydrogen-bond donors (Lipinski definition) is 0. The predicted molar refractivity (Wildman–Crippen MR) is 113 cm³/mol. The van der Waals surface area contributed by atoms with E-state index < -0.39 is 11.9 Å².